The van der Waals surface area contributed by atoms with Gasteiger partial charge in [0.1, 0.15) is 5.78 Å². The van der Waals surface area contributed by atoms with Crippen LogP contribution < -0.4 is 0 Å². The molecule has 0 aromatic carbocycles. The maximum absolute atomic E-state index is 11.3. The van der Waals surface area contributed by atoms with Gasteiger partial charge in [0.15, 0.2) is 0 Å². The monoisotopic (exact) mass is 708 g/mol. The summed E-state index contributed by atoms with van der Waals surface area (Å²) in [6, 6.07) is 3.21. The Bertz CT molecular complexity index is 1350. The van der Waals surface area contributed by atoms with E-state index in [1.54, 1.807) is 45.5 Å². The lowest BCUT2D eigenvalue weighted by Crippen LogP contribution is -2.66. The number of aliphatic hydroxyl groups is 1. The number of fused-ring (bicyclic) bond motifs is 6. The summed E-state index contributed by atoms with van der Waals surface area (Å²) < 4.78 is 13.7. The van der Waals surface area contributed by atoms with E-state index in [0.717, 1.165) is 41.8 Å². The molecule has 268 valence electrons. The summed E-state index contributed by atoms with van der Waals surface area (Å²) in [6.07, 6.45) is 21.9. The first-order chi connectivity index (χ1) is 22.7. The molecule has 6 rings (SSSR count). The average Bonchev–Trinajstić information content (AvgIpc) is 3.79. The van der Waals surface area contributed by atoms with E-state index in [1.165, 1.54) is 38.0 Å². The number of Topliss-reactive ketones (excluding diaryl/α,β-unsaturated/α-hetero) is 1. The second-order valence-corrected chi connectivity index (χ2v) is 13.7. The van der Waals surface area contributed by atoms with Gasteiger partial charge in [-0.1, -0.05) is 31.9 Å². The Labute approximate surface area is 296 Å². The van der Waals surface area contributed by atoms with Gasteiger partial charge in [-0.05, 0) is 94.8 Å². The zero-order valence-electron chi connectivity index (χ0n) is 29.5. The van der Waals surface area contributed by atoms with Crippen LogP contribution in [0.25, 0.3) is 6.08 Å². The van der Waals surface area contributed by atoms with Crippen molar-refractivity contribution in [1.29, 1.82) is 0 Å². The minimum Gasteiger partial charge on any atom is -0.460 e. The number of ether oxygens (including phenoxy) is 2. The lowest BCUT2D eigenvalue weighted by molar-refractivity contribution is -0.114. The molecule has 6 unspecified atom stereocenters. The summed E-state index contributed by atoms with van der Waals surface area (Å²) in [5.41, 5.74) is 3.14. The Balaban J connectivity index is 0.000000415. The average molecular weight is 710 g/mol. The van der Waals surface area contributed by atoms with Gasteiger partial charge in [0.05, 0.1) is 41.6 Å². The van der Waals surface area contributed by atoms with Crippen LogP contribution in [0.3, 0.4) is 0 Å². The molecule has 3 saturated carbocycles. The minimum atomic E-state index is -0.624. The van der Waals surface area contributed by atoms with Gasteiger partial charge in [-0.25, -0.2) is 4.79 Å². The summed E-state index contributed by atoms with van der Waals surface area (Å²) in [5, 5.41) is 25.2. The van der Waals surface area contributed by atoms with E-state index in [4.69, 9.17) is 27.6 Å². The van der Waals surface area contributed by atoms with Crippen LogP contribution in [0.5, 0.6) is 0 Å². The molecule has 48 heavy (non-hydrogen) atoms. The predicted octanol–water partition coefficient (Wildman–Crippen LogP) is 8.00. The fourth-order valence-electron chi connectivity index (χ4n) is 7.64. The van der Waals surface area contributed by atoms with Crippen molar-refractivity contribution < 1.29 is 33.8 Å². The van der Waals surface area contributed by atoms with E-state index in [0.29, 0.717) is 18.4 Å². The number of halogens is 2. The highest BCUT2D eigenvalue weighted by Gasteiger charge is 2.67. The maximum Gasteiger partial charge on any atom is 0.374 e. The summed E-state index contributed by atoms with van der Waals surface area (Å²) >= 11 is 12.5. The van der Waals surface area contributed by atoms with Crippen LogP contribution in [-0.4, -0.2) is 69.7 Å². The Morgan fingerprint density at radius 3 is 2.38 bits per heavy atom. The maximum atomic E-state index is 11.3. The van der Waals surface area contributed by atoms with Gasteiger partial charge < -0.3 is 24.2 Å². The zero-order valence-corrected chi connectivity index (χ0v) is 31.0. The highest BCUT2D eigenvalue weighted by molar-refractivity contribution is 6.27. The fraction of sp³-hybridized carbons (Fsp3) is 0.595. The van der Waals surface area contributed by atoms with Crippen molar-refractivity contribution in [2.75, 3.05) is 26.7 Å². The lowest BCUT2D eigenvalue weighted by atomic mass is 9.46. The number of ketones is 1. The molecule has 0 bridgehead atoms. The largest absolute Gasteiger partial charge is 0.460 e. The predicted molar refractivity (Wildman–Crippen MR) is 191 cm³/mol. The Kier molecular flexibility index (Phi) is 17.8. The van der Waals surface area contributed by atoms with Gasteiger partial charge in [0.25, 0.3) is 0 Å². The van der Waals surface area contributed by atoms with Crippen LogP contribution in [0.15, 0.2) is 47.2 Å². The quantitative estimate of drug-likeness (QED) is 0.108. The molecule has 0 spiro atoms. The molecule has 2 N–H and O–H groups in total. The summed E-state index contributed by atoms with van der Waals surface area (Å²) in [7, 11) is 3.25. The molecule has 9 nitrogen and oxygen atoms in total. The van der Waals surface area contributed by atoms with E-state index >= 15 is 0 Å². The van der Waals surface area contributed by atoms with Crippen molar-refractivity contribution in [2.24, 2.45) is 22.7 Å². The van der Waals surface area contributed by atoms with Crippen LogP contribution in [0.2, 0.25) is 0 Å². The van der Waals surface area contributed by atoms with Gasteiger partial charge in [-0.3, -0.25) is 4.79 Å². The number of hydrogen-bond donors (Lipinski definition) is 2. The van der Waals surface area contributed by atoms with Gasteiger partial charge in [0.2, 0.25) is 5.76 Å². The number of methoxy groups -OCH3 is 1. The molecule has 2 aromatic rings. The van der Waals surface area contributed by atoms with Crippen molar-refractivity contribution in [3.05, 3.63) is 59.8 Å². The number of aliphatic hydroxyl groups excluding tert-OH is 1. The molecule has 3 fully saturated rings. The number of carbonyl (C=O) groups excluding carboxylic acids is 2. The number of alkyl halides is 2. The number of allylic oxidation sites excluding steroid dienone is 2. The van der Waals surface area contributed by atoms with Crippen LogP contribution >= 0.6 is 23.2 Å². The molecule has 0 saturated heterocycles. The molecule has 2 aromatic heterocycles. The van der Waals surface area contributed by atoms with Gasteiger partial charge in [0, 0.05) is 25.2 Å². The SMILES string of the molecule is C#C.C=CC.CC(=O)CCl.CC12CCCC1C1CCC3=Cc4nn(O)cc4CC3(C)C1(Cl)C(O)C2.CCOC(=O)c1ccco1.COC. The van der Waals surface area contributed by atoms with Crippen LogP contribution in [0.4, 0.5) is 0 Å². The first-order valence-electron chi connectivity index (χ1n) is 16.1. The number of furan rings is 1. The second kappa shape index (κ2) is 19.8. The number of terminal acetylenes is 1. The van der Waals surface area contributed by atoms with Gasteiger partial charge in [-0.2, -0.15) is 0 Å². The molecule has 0 aliphatic heterocycles. The van der Waals surface area contributed by atoms with E-state index in [-0.39, 0.29) is 28.3 Å². The van der Waals surface area contributed by atoms with E-state index in [9.17, 15) is 19.9 Å². The van der Waals surface area contributed by atoms with Crippen molar-refractivity contribution in [3.63, 3.8) is 0 Å². The van der Waals surface area contributed by atoms with Crippen LogP contribution in [0, 0.1) is 35.5 Å². The van der Waals surface area contributed by atoms with Crippen molar-refractivity contribution in [2.45, 2.75) is 90.5 Å². The highest BCUT2D eigenvalue weighted by Crippen LogP contribution is 2.69. The van der Waals surface area contributed by atoms with Crippen molar-refractivity contribution >= 4 is 41.0 Å². The molecule has 0 amide bonds. The number of esters is 1. The Morgan fingerprint density at radius 2 is 1.85 bits per heavy atom. The van der Waals surface area contributed by atoms with Crippen molar-refractivity contribution in [1.82, 2.24) is 9.94 Å². The van der Waals surface area contributed by atoms with E-state index in [2.05, 4.69) is 53.9 Å². The molecule has 4 aliphatic rings. The number of hydrogen-bond acceptors (Lipinski definition) is 8. The third kappa shape index (κ3) is 9.78. The van der Waals surface area contributed by atoms with Crippen molar-refractivity contribution in [3.8, 4) is 12.8 Å². The number of rotatable bonds is 3. The fourth-order valence-corrected chi connectivity index (χ4v) is 8.17. The normalized spacial score (nSPS) is 28.5. The molecular formula is C37H54Cl2N2O7. The zero-order chi connectivity index (χ0) is 36.7. The Hall–Kier alpha value is -3.03. The lowest BCUT2D eigenvalue weighted by Gasteiger charge is -2.63. The summed E-state index contributed by atoms with van der Waals surface area (Å²) in [4.78, 5) is 20.8. The number of aromatic nitrogens is 2. The standard InChI is InChI=1S/C20H27ClN2O2.C7H8O3.C3H5ClO.C3H6.C2H6O.C2H2/c1-18-7-3-4-14(18)15-6-5-13-8-16-12(11-23(25)22-16)9-19(13,2)20(15,21)17(24)10-18;1-2-9-7(8)6-4-3-5-10-6;1-3(5)2-4;2*1-3-2;1-2/h8,11,14-15,17,24-25H,3-7,9-10H2,1-2H3;3-5H,2H2,1H3;2H2,1H3;3H,1H2,2H3;1-2H3;1-2H. The van der Waals surface area contributed by atoms with E-state index in [1.807, 2.05) is 6.92 Å². The summed E-state index contributed by atoms with van der Waals surface area (Å²) in [5.74, 6) is 0.980. The minimum absolute atomic E-state index is 0.0201. The first-order valence-corrected chi connectivity index (χ1v) is 17.1. The second-order valence-electron chi connectivity index (χ2n) is 12.8. The molecule has 11 heteroatoms. The van der Waals surface area contributed by atoms with Gasteiger partial charge >= 0.3 is 5.97 Å². The smallest absolute Gasteiger partial charge is 0.374 e. The third-order valence-corrected chi connectivity index (χ3v) is 10.8. The third-order valence-electron chi connectivity index (χ3n) is 9.46. The highest BCUT2D eigenvalue weighted by atomic mass is 35.5. The topological polar surface area (TPSA) is 124 Å². The molecular weight excluding hydrogens is 655 g/mol. The Morgan fingerprint density at radius 1 is 1.25 bits per heavy atom. The molecule has 0 radical (unpaired) electrons. The van der Waals surface area contributed by atoms with Gasteiger partial charge in [-0.15, -0.1) is 52.6 Å². The molecule has 2 heterocycles. The number of carbonyl (C=O) groups is 2. The molecule has 6 atom stereocenters. The van der Waals surface area contributed by atoms with Crippen LogP contribution in [-0.2, 0) is 20.7 Å². The number of nitrogens with zero attached hydrogens (tertiary/aromatic N) is 2. The van der Waals surface area contributed by atoms with Crippen LogP contribution in [0.1, 0.15) is 95.0 Å². The molecule has 4 aliphatic carbocycles. The summed E-state index contributed by atoms with van der Waals surface area (Å²) in [6.45, 7) is 13.4. The van der Waals surface area contributed by atoms with E-state index < -0.39 is 16.9 Å². The first kappa shape index (κ1) is 43.0.